The Morgan fingerprint density at radius 3 is 2.41 bits per heavy atom. The van der Waals surface area contributed by atoms with Gasteiger partial charge in [0.2, 0.25) is 11.8 Å². The van der Waals surface area contributed by atoms with E-state index in [-0.39, 0.29) is 29.3 Å². The number of anilines is 1. The van der Waals surface area contributed by atoms with E-state index in [0.29, 0.717) is 40.3 Å². The molecule has 1 spiro atoms. The van der Waals surface area contributed by atoms with E-state index in [1.165, 1.54) is 4.90 Å². The molecule has 1 N–H and O–H groups in total. The van der Waals surface area contributed by atoms with E-state index in [1.54, 1.807) is 42.0 Å². The van der Waals surface area contributed by atoms with E-state index < -0.39 is 17.4 Å². The van der Waals surface area contributed by atoms with Crippen LogP contribution in [0.2, 0.25) is 0 Å². The summed E-state index contributed by atoms with van der Waals surface area (Å²) in [4.78, 5) is 48.8. The van der Waals surface area contributed by atoms with Crippen molar-refractivity contribution < 1.29 is 14.3 Å². The molecule has 3 aliphatic heterocycles. The highest BCUT2D eigenvalue weighted by Gasteiger charge is 2.69. The molecule has 1 aromatic heterocycles. The lowest BCUT2D eigenvalue weighted by Crippen LogP contribution is -2.50. The fourth-order valence-electron chi connectivity index (χ4n) is 6.92. The number of ether oxygens (including phenoxy) is 1. The minimum atomic E-state index is -1.13. The molecular weight excluding hydrogens is 492 g/mol. The smallest absolute Gasteiger partial charge is 0.266 e. The lowest BCUT2D eigenvalue weighted by atomic mass is 9.75. The van der Waals surface area contributed by atoms with Crippen molar-refractivity contribution >= 4 is 28.4 Å². The first-order valence-corrected chi connectivity index (χ1v) is 13.3. The molecule has 3 aromatic carbocycles. The number of carbonyl (C=O) groups excluding carboxylic acids is 2. The standard InChI is InChI=1S/C31H28N4O4/c1-17(2)16-23-25-26(29(38)34(28(25)37)18-12-14-19(39-3)15-13-18)31(33-23)21-9-5-7-11-24(21)35-27(36)20-8-4-6-10-22(20)32-30(31)35/h4-15,17,23,25-26,33H,16H2,1-3H3/t23?,25-,26+,31?/m0/s1. The molecule has 3 aliphatic rings. The Balaban J connectivity index is 1.49. The largest absolute Gasteiger partial charge is 0.497 e. The number of nitrogens with one attached hydrogen (secondary N) is 1. The average molecular weight is 521 g/mol. The van der Waals surface area contributed by atoms with Crippen molar-refractivity contribution in [1.82, 2.24) is 14.9 Å². The zero-order chi connectivity index (χ0) is 27.1. The Bertz CT molecular complexity index is 1730. The maximum Gasteiger partial charge on any atom is 0.266 e. The first-order valence-electron chi connectivity index (χ1n) is 13.3. The number of hydrogen-bond donors (Lipinski definition) is 1. The van der Waals surface area contributed by atoms with Gasteiger partial charge in [-0.15, -0.1) is 0 Å². The Morgan fingerprint density at radius 2 is 1.67 bits per heavy atom. The van der Waals surface area contributed by atoms with Crippen molar-refractivity contribution in [2.24, 2.45) is 17.8 Å². The molecule has 8 nitrogen and oxygen atoms in total. The molecule has 7 rings (SSSR count). The van der Waals surface area contributed by atoms with Gasteiger partial charge in [0.1, 0.15) is 17.1 Å². The molecule has 0 aliphatic carbocycles. The van der Waals surface area contributed by atoms with E-state index in [9.17, 15) is 14.4 Å². The van der Waals surface area contributed by atoms with Gasteiger partial charge in [-0.05, 0) is 54.8 Å². The monoisotopic (exact) mass is 520 g/mol. The first-order chi connectivity index (χ1) is 18.9. The number of imide groups is 1. The average Bonchev–Trinajstić information content (AvgIpc) is 3.51. The van der Waals surface area contributed by atoms with Crippen molar-refractivity contribution in [2.45, 2.75) is 31.8 Å². The van der Waals surface area contributed by atoms with E-state index in [0.717, 1.165) is 5.56 Å². The van der Waals surface area contributed by atoms with Crippen LogP contribution in [0, 0.1) is 17.8 Å². The summed E-state index contributed by atoms with van der Waals surface area (Å²) in [7, 11) is 1.57. The third kappa shape index (κ3) is 3.09. The topological polar surface area (TPSA) is 93.5 Å². The van der Waals surface area contributed by atoms with Crippen LogP contribution in [0.4, 0.5) is 5.69 Å². The second kappa shape index (κ2) is 8.35. The van der Waals surface area contributed by atoms with Gasteiger partial charge >= 0.3 is 0 Å². The SMILES string of the molecule is COc1ccc(N2C(=O)[C@H]3C(CC(C)C)NC4(c5ccccc5-n5c4nc4ccccc4c5=O)[C@H]3C2=O)cc1. The molecule has 4 heterocycles. The molecule has 39 heavy (non-hydrogen) atoms. The number of hydrogen-bond acceptors (Lipinski definition) is 6. The number of nitrogens with zero attached hydrogens (tertiary/aromatic N) is 3. The van der Waals surface area contributed by atoms with Gasteiger partial charge in [-0.3, -0.25) is 24.3 Å². The third-order valence-corrected chi connectivity index (χ3v) is 8.42. The van der Waals surface area contributed by atoms with Gasteiger partial charge in [-0.25, -0.2) is 9.88 Å². The van der Waals surface area contributed by atoms with Gasteiger partial charge in [0, 0.05) is 11.6 Å². The second-order valence-electron chi connectivity index (χ2n) is 11.0. The van der Waals surface area contributed by atoms with E-state index in [4.69, 9.17) is 9.72 Å². The minimum Gasteiger partial charge on any atom is -0.497 e. The number of aromatic nitrogens is 2. The van der Waals surface area contributed by atoms with Gasteiger partial charge in [0.25, 0.3) is 5.56 Å². The molecule has 196 valence electrons. The highest BCUT2D eigenvalue weighted by atomic mass is 16.5. The zero-order valence-corrected chi connectivity index (χ0v) is 21.9. The molecule has 2 saturated heterocycles. The fourth-order valence-corrected chi connectivity index (χ4v) is 6.92. The van der Waals surface area contributed by atoms with Gasteiger partial charge in [0.15, 0.2) is 0 Å². The van der Waals surface area contributed by atoms with Crippen LogP contribution >= 0.6 is 0 Å². The molecule has 2 unspecified atom stereocenters. The Labute approximate surface area is 225 Å². The molecular formula is C31H28N4O4. The predicted octanol–water partition coefficient (Wildman–Crippen LogP) is 3.78. The highest BCUT2D eigenvalue weighted by Crippen LogP contribution is 2.56. The van der Waals surface area contributed by atoms with Crippen LogP contribution in [0.15, 0.2) is 77.6 Å². The summed E-state index contributed by atoms with van der Waals surface area (Å²) in [6, 6.07) is 21.6. The molecule has 2 amide bonds. The van der Waals surface area contributed by atoms with Crippen molar-refractivity contribution in [1.29, 1.82) is 0 Å². The molecule has 0 radical (unpaired) electrons. The Morgan fingerprint density at radius 1 is 0.949 bits per heavy atom. The molecule has 4 atom stereocenters. The first kappa shape index (κ1) is 23.8. The summed E-state index contributed by atoms with van der Waals surface area (Å²) in [5.41, 5.74) is 1.25. The highest BCUT2D eigenvalue weighted by molar-refractivity contribution is 6.23. The number of para-hydroxylation sites is 2. The van der Waals surface area contributed by atoms with Crippen LogP contribution in [0.5, 0.6) is 5.75 Å². The molecule has 2 fully saturated rings. The predicted molar refractivity (Wildman–Crippen MR) is 147 cm³/mol. The fraction of sp³-hybridized carbons (Fsp3) is 0.290. The van der Waals surface area contributed by atoms with Crippen molar-refractivity contribution in [3.05, 3.63) is 94.5 Å². The molecule has 0 saturated carbocycles. The lowest BCUT2D eigenvalue weighted by molar-refractivity contribution is -0.123. The van der Waals surface area contributed by atoms with Gasteiger partial charge in [0.05, 0.1) is 41.2 Å². The Kier molecular flexibility index (Phi) is 5.09. The van der Waals surface area contributed by atoms with Crippen LogP contribution in [-0.2, 0) is 15.1 Å². The molecule has 4 aromatic rings. The van der Waals surface area contributed by atoms with E-state index in [2.05, 4.69) is 19.2 Å². The number of fused-ring (bicyclic) bond motifs is 8. The van der Waals surface area contributed by atoms with Gasteiger partial charge in [-0.2, -0.15) is 0 Å². The summed E-state index contributed by atoms with van der Waals surface area (Å²) in [5.74, 6) is -0.512. The quantitative estimate of drug-likeness (QED) is 0.412. The molecule has 0 bridgehead atoms. The number of carbonyl (C=O) groups is 2. The summed E-state index contributed by atoms with van der Waals surface area (Å²) >= 11 is 0. The van der Waals surface area contributed by atoms with Crippen molar-refractivity contribution in [3.8, 4) is 11.4 Å². The number of methoxy groups -OCH3 is 1. The maximum absolute atomic E-state index is 14.4. The van der Waals surface area contributed by atoms with E-state index >= 15 is 0 Å². The third-order valence-electron chi connectivity index (χ3n) is 8.42. The molecule has 8 heteroatoms. The van der Waals surface area contributed by atoms with Crippen LogP contribution in [0.1, 0.15) is 31.7 Å². The van der Waals surface area contributed by atoms with Crippen molar-refractivity contribution in [2.75, 3.05) is 12.0 Å². The van der Waals surface area contributed by atoms with E-state index in [1.807, 2.05) is 42.5 Å². The van der Waals surface area contributed by atoms with Gasteiger partial charge < -0.3 is 4.74 Å². The summed E-state index contributed by atoms with van der Waals surface area (Å²) in [5, 5.41) is 4.25. The maximum atomic E-state index is 14.4. The van der Waals surface area contributed by atoms with Crippen molar-refractivity contribution in [3.63, 3.8) is 0 Å². The zero-order valence-electron chi connectivity index (χ0n) is 21.9. The Hall–Kier alpha value is -4.30. The van der Waals surface area contributed by atoms with Crippen LogP contribution < -0.4 is 20.5 Å². The lowest BCUT2D eigenvalue weighted by Gasteiger charge is -2.32. The number of rotatable bonds is 4. The normalized spacial score (nSPS) is 25.0. The number of benzene rings is 3. The summed E-state index contributed by atoms with van der Waals surface area (Å²) < 4.78 is 6.91. The van der Waals surface area contributed by atoms with Gasteiger partial charge in [-0.1, -0.05) is 44.2 Å². The van der Waals surface area contributed by atoms with Crippen LogP contribution in [0.3, 0.4) is 0 Å². The second-order valence-corrected chi connectivity index (χ2v) is 11.0. The summed E-state index contributed by atoms with van der Waals surface area (Å²) in [6.45, 7) is 4.22. The van der Waals surface area contributed by atoms with Crippen LogP contribution in [-0.4, -0.2) is 34.5 Å². The minimum absolute atomic E-state index is 0.186. The van der Waals surface area contributed by atoms with Crippen LogP contribution in [0.25, 0.3) is 16.6 Å². The number of amides is 2. The summed E-state index contributed by atoms with van der Waals surface area (Å²) in [6.07, 6.45) is 0.693.